The first kappa shape index (κ1) is 17.4. The predicted molar refractivity (Wildman–Crippen MR) is 88.9 cm³/mol. The van der Waals surface area contributed by atoms with Gasteiger partial charge in [0.2, 0.25) is 0 Å². The number of rotatable bonds is 6. The number of hydrogen-bond donors (Lipinski definition) is 3. The SMILES string of the molecule is N/C=C(\N)C(=O)NC[C@@H]1CC[C@H](COc2ccc(Cl)cc2)CO1. The van der Waals surface area contributed by atoms with E-state index in [9.17, 15) is 4.79 Å². The molecule has 126 valence electrons. The molecule has 1 heterocycles. The van der Waals surface area contributed by atoms with Crippen LogP contribution in [-0.4, -0.2) is 31.8 Å². The van der Waals surface area contributed by atoms with Gasteiger partial charge in [-0.3, -0.25) is 4.79 Å². The smallest absolute Gasteiger partial charge is 0.268 e. The van der Waals surface area contributed by atoms with Crippen LogP contribution in [0.4, 0.5) is 0 Å². The van der Waals surface area contributed by atoms with Crippen molar-refractivity contribution in [3.05, 3.63) is 41.2 Å². The Balaban J connectivity index is 1.65. The quantitative estimate of drug-likeness (QED) is 0.680. The first-order valence-corrected chi connectivity index (χ1v) is 7.92. The van der Waals surface area contributed by atoms with Crippen LogP contribution in [0.2, 0.25) is 5.02 Å². The van der Waals surface area contributed by atoms with Gasteiger partial charge in [0.15, 0.2) is 0 Å². The van der Waals surface area contributed by atoms with Gasteiger partial charge < -0.3 is 26.3 Å². The first-order valence-electron chi connectivity index (χ1n) is 7.54. The minimum Gasteiger partial charge on any atom is -0.493 e. The second-order valence-electron chi connectivity index (χ2n) is 5.50. The highest BCUT2D eigenvalue weighted by atomic mass is 35.5. The Hall–Kier alpha value is -1.92. The highest BCUT2D eigenvalue weighted by Crippen LogP contribution is 2.21. The second kappa shape index (κ2) is 8.64. The molecule has 0 unspecified atom stereocenters. The Morgan fingerprint density at radius 2 is 2.13 bits per heavy atom. The Bertz CT molecular complexity index is 540. The van der Waals surface area contributed by atoms with E-state index in [4.69, 9.17) is 32.5 Å². The Morgan fingerprint density at radius 1 is 1.39 bits per heavy atom. The molecular formula is C16H22ClN3O3. The third-order valence-electron chi connectivity index (χ3n) is 3.70. The summed E-state index contributed by atoms with van der Waals surface area (Å²) in [6.07, 6.45) is 2.93. The molecule has 5 N–H and O–H groups in total. The van der Waals surface area contributed by atoms with Gasteiger partial charge in [-0.15, -0.1) is 0 Å². The molecule has 1 aromatic rings. The first-order chi connectivity index (χ1) is 11.1. The molecular weight excluding hydrogens is 318 g/mol. The van der Waals surface area contributed by atoms with Crippen LogP contribution < -0.4 is 21.5 Å². The molecule has 23 heavy (non-hydrogen) atoms. The van der Waals surface area contributed by atoms with Gasteiger partial charge in [-0.1, -0.05) is 11.6 Å². The minimum absolute atomic E-state index is 0.00342. The number of hydrogen-bond acceptors (Lipinski definition) is 5. The van der Waals surface area contributed by atoms with Crippen LogP contribution in [0.25, 0.3) is 0 Å². The van der Waals surface area contributed by atoms with Crippen LogP contribution in [0.3, 0.4) is 0 Å². The van der Waals surface area contributed by atoms with Crippen LogP contribution in [-0.2, 0) is 9.53 Å². The molecule has 2 atom stereocenters. The lowest BCUT2D eigenvalue weighted by molar-refractivity contribution is -0.118. The van der Waals surface area contributed by atoms with Gasteiger partial charge in [0.25, 0.3) is 5.91 Å². The van der Waals surface area contributed by atoms with Crippen molar-refractivity contribution in [1.82, 2.24) is 5.32 Å². The third kappa shape index (κ3) is 5.65. The van der Waals surface area contributed by atoms with Gasteiger partial charge in [-0.05, 0) is 37.1 Å². The zero-order chi connectivity index (χ0) is 16.7. The molecule has 0 spiro atoms. The standard InChI is InChI=1S/C16H22ClN3O3/c17-12-2-5-13(6-3-12)22-9-11-1-4-14(23-10-11)8-20-16(21)15(19)7-18/h2-3,5-7,11,14H,1,4,8-10,18-19H2,(H,20,21)/b15-7-/t11-,14+/m1/s1. The summed E-state index contributed by atoms with van der Waals surface area (Å²) in [6.45, 7) is 1.64. The fourth-order valence-electron chi connectivity index (χ4n) is 2.28. The van der Waals surface area contributed by atoms with Crippen molar-refractivity contribution >= 4 is 17.5 Å². The molecule has 1 aliphatic rings. The van der Waals surface area contributed by atoms with Crippen LogP contribution in [0.15, 0.2) is 36.2 Å². The van der Waals surface area contributed by atoms with Crippen LogP contribution in [0, 0.1) is 5.92 Å². The zero-order valence-corrected chi connectivity index (χ0v) is 13.6. The molecule has 1 aromatic carbocycles. The summed E-state index contributed by atoms with van der Waals surface area (Å²) in [7, 11) is 0. The van der Waals surface area contributed by atoms with Crippen LogP contribution in [0.1, 0.15) is 12.8 Å². The number of halogens is 1. The van der Waals surface area contributed by atoms with E-state index in [2.05, 4.69) is 5.32 Å². The van der Waals surface area contributed by atoms with E-state index in [0.29, 0.717) is 30.7 Å². The molecule has 0 aromatic heterocycles. The maximum Gasteiger partial charge on any atom is 0.268 e. The van der Waals surface area contributed by atoms with Crippen molar-refractivity contribution < 1.29 is 14.3 Å². The summed E-state index contributed by atoms with van der Waals surface area (Å²) in [6, 6.07) is 7.29. The van der Waals surface area contributed by atoms with Gasteiger partial charge in [0.1, 0.15) is 11.4 Å². The Labute approximate surface area is 140 Å². The van der Waals surface area contributed by atoms with Gasteiger partial charge >= 0.3 is 0 Å². The van der Waals surface area contributed by atoms with Crippen molar-refractivity contribution in [2.24, 2.45) is 17.4 Å². The predicted octanol–water partition coefficient (Wildman–Crippen LogP) is 1.39. The number of benzene rings is 1. The number of carbonyl (C=O) groups excluding carboxylic acids is 1. The van der Waals surface area contributed by atoms with E-state index >= 15 is 0 Å². The molecule has 1 saturated heterocycles. The monoisotopic (exact) mass is 339 g/mol. The largest absolute Gasteiger partial charge is 0.493 e. The van der Waals surface area contributed by atoms with Gasteiger partial charge in [0.05, 0.1) is 19.3 Å². The molecule has 0 saturated carbocycles. The highest BCUT2D eigenvalue weighted by molar-refractivity contribution is 6.30. The Kier molecular flexibility index (Phi) is 6.55. The fourth-order valence-corrected chi connectivity index (χ4v) is 2.41. The van der Waals surface area contributed by atoms with Gasteiger partial charge in [-0.25, -0.2) is 0 Å². The minimum atomic E-state index is -0.371. The lowest BCUT2D eigenvalue weighted by Crippen LogP contribution is -2.40. The van der Waals surface area contributed by atoms with E-state index < -0.39 is 0 Å². The van der Waals surface area contributed by atoms with Crippen molar-refractivity contribution in [1.29, 1.82) is 0 Å². The van der Waals surface area contributed by atoms with Crippen molar-refractivity contribution in [3.63, 3.8) is 0 Å². The maximum atomic E-state index is 11.5. The number of nitrogens with two attached hydrogens (primary N) is 2. The average Bonchev–Trinajstić information content (AvgIpc) is 2.59. The summed E-state index contributed by atoms with van der Waals surface area (Å²) < 4.78 is 11.5. The molecule has 1 amide bonds. The summed E-state index contributed by atoms with van der Waals surface area (Å²) in [5, 5.41) is 3.39. The lowest BCUT2D eigenvalue weighted by Gasteiger charge is -2.29. The zero-order valence-electron chi connectivity index (χ0n) is 12.8. The summed E-state index contributed by atoms with van der Waals surface area (Å²) >= 11 is 5.83. The van der Waals surface area contributed by atoms with Crippen LogP contribution in [0.5, 0.6) is 5.75 Å². The molecule has 7 heteroatoms. The number of carbonyl (C=O) groups is 1. The summed E-state index contributed by atoms with van der Waals surface area (Å²) in [5.41, 5.74) is 10.6. The molecule has 1 aliphatic heterocycles. The fraction of sp³-hybridized carbons (Fsp3) is 0.438. The number of amides is 1. The second-order valence-corrected chi connectivity index (χ2v) is 5.93. The van der Waals surface area contributed by atoms with E-state index in [1.807, 2.05) is 12.1 Å². The molecule has 6 nitrogen and oxygen atoms in total. The van der Waals surface area contributed by atoms with E-state index in [0.717, 1.165) is 24.8 Å². The molecule has 2 rings (SSSR count). The lowest BCUT2D eigenvalue weighted by atomic mass is 9.99. The van der Waals surface area contributed by atoms with E-state index in [-0.39, 0.29) is 17.7 Å². The van der Waals surface area contributed by atoms with Gasteiger partial charge in [0, 0.05) is 23.7 Å². The Morgan fingerprint density at radius 3 is 2.74 bits per heavy atom. The van der Waals surface area contributed by atoms with Gasteiger partial charge in [-0.2, -0.15) is 0 Å². The molecule has 0 radical (unpaired) electrons. The molecule has 0 aliphatic carbocycles. The molecule has 0 bridgehead atoms. The van der Waals surface area contributed by atoms with E-state index in [1.165, 1.54) is 0 Å². The number of nitrogens with one attached hydrogen (secondary N) is 1. The average molecular weight is 340 g/mol. The van der Waals surface area contributed by atoms with Crippen molar-refractivity contribution in [2.45, 2.75) is 18.9 Å². The van der Waals surface area contributed by atoms with Crippen molar-refractivity contribution in [2.75, 3.05) is 19.8 Å². The maximum absolute atomic E-state index is 11.5. The topological polar surface area (TPSA) is 99.6 Å². The summed E-state index contributed by atoms with van der Waals surface area (Å²) in [5.74, 6) is 0.767. The summed E-state index contributed by atoms with van der Waals surface area (Å²) in [4.78, 5) is 11.5. The third-order valence-corrected chi connectivity index (χ3v) is 3.95. The van der Waals surface area contributed by atoms with Crippen molar-refractivity contribution in [3.8, 4) is 5.75 Å². The normalized spacial score (nSPS) is 21.7. The van der Waals surface area contributed by atoms with Crippen LogP contribution >= 0.6 is 11.6 Å². The molecule has 1 fully saturated rings. The highest BCUT2D eigenvalue weighted by Gasteiger charge is 2.22. The van der Waals surface area contributed by atoms with E-state index in [1.54, 1.807) is 12.1 Å². The number of ether oxygens (including phenoxy) is 2.